The van der Waals surface area contributed by atoms with Gasteiger partial charge in [-0.05, 0) is 0 Å². The van der Waals surface area contributed by atoms with Crippen molar-refractivity contribution in [3.63, 3.8) is 0 Å². The van der Waals surface area contributed by atoms with E-state index in [-0.39, 0.29) is 46.9 Å². The molecular weight excluding hydrogens is 372 g/mol. The molecule has 0 heterocycles. The van der Waals surface area contributed by atoms with Crippen LogP contribution in [-0.4, -0.2) is 84.6 Å². The van der Waals surface area contributed by atoms with Crippen LogP contribution in [0.3, 0.4) is 0 Å². The summed E-state index contributed by atoms with van der Waals surface area (Å²) in [6, 6.07) is 0. The van der Waals surface area contributed by atoms with Crippen LogP contribution in [0.15, 0.2) is 0 Å². The first-order valence-electron chi connectivity index (χ1n) is 3.61. The van der Waals surface area contributed by atoms with Crippen molar-refractivity contribution in [2.24, 2.45) is 0 Å². The number of rotatable bonds is 6. The first kappa shape index (κ1) is 32.6. The number of carboxylic acids is 3. The van der Waals surface area contributed by atoms with E-state index in [1.165, 1.54) is 0 Å². The maximum atomic E-state index is 9.28. The molecule has 0 N–H and O–H groups in total. The van der Waals surface area contributed by atoms with Crippen molar-refractivity contribution in [1.29, 1.82) is 0 Å². The number of hydrogen-bond donors (Lipinski definition) is 0. The second-order valence-corrected chi connectivity index (χ2v) is 2.53. The number of carbonyl (C=O) groups excluding carboxylic acids is 3. The van der Waals surface area contributed by atoms with E-state index >= 15 is 0 Å². The zero-order chi connectivity index (χ0) is 15.0. The number of carboxylic acid groups (broad SMARTS) is 3. The van der Waals surface area contributed by atoms with Gasteiger partial charge in [-0.3, -0.25) is 12.9 Å². The predicted octanol–water partition coefficient (Wildman–Crippen LogP) is -4.31. The number of hydrogen-bond acceptors (Lipinski definition) is 9. The zero-order valence-corrected chi connectivity index (χ0v) is 12.4. The Kier molecular flexibility index (Phi) is 45.5. The van der Waals surface area contributed by atoms with Crippen LogP contribution in [0, 0.1) is 0 Å². The molecule has 0 aromatic rings. The van der Waals surface area contributed by atoms with Crippen LogP contribution in [0.4, 0.5) is 0 Å². The van der Waals surface area contributed by atoms with Crippen LogP contribution in [0.5, 0.6) is 0 Å². The molecule has 9 nitrogen and oxygen atoms in total. The summed E-state index contributed by atoms with van der Waals surface area (Å²) in [4.78, 5) is 27.8. The predicted molar refractivity (Wildman–Crippen MR) is 63.3 cm³/mol. The molecule has 14 heteroatoms. The van der Waals surface area contributed by atoms with E-state index in [0.29, 0.717) is 0 Å². The molecule has 0 aromatic carbocycles. The summed E-state index contributed by atoms with van der Waals surface area (Å²) in [7, 11) is 0. The molecule has 0 bridgehead atoms. The average Bonchev–Trinajstić information content (AvgIpc) is 2.18. The molecule has 0 rings (SSSR count). The molecule has 0 unspecified atom stereocenters. The van der Waals surface area contributed by atoms with E-state index in [2.05, 4.69) is 48.5 Å². The second kappa shape index (κ2) is 27.9. The Balaban J connectivity index is -0.0000000536. The third-order valence-corrected chi connectivity index (χ3v) is 0.845. The van der Waals surface area contributed by atoms with Crippen LogP contribution >= 0.6 is 35.6 Å². The van der Waals surface area contributed by atoms with Gasteiger partial charge in [0.25, 0.3) is 0 Å². The van der Waals surface area contributed by atoms with Crippen molar-refractivity contribution in [2.45, 2.75) is 0 Å². The van der Waals surface area contributed by atoms with Gasteiger partial charge in [-0.1, -0.05) is 0 Å². The van der Waals surface area contributed by atoms with Gasteiger partial charge in [-0.15, -0.1) is 0 Å². The van der Waals surface area contributed by atoms with Crippen molar-refractivity contribution in [3.05, 3.63) is 0 Å². The summed E-state index contributed by atoms with van der Waals surface area (Å²) in [6.07, 6.45) is 0. The Hall–Kier alpha value is 0.692. The molecular formula is C6H7AlCl3NaO9. The Morgan fingerprint density at radius 3 is 0.850 bits per heavy atom. The Morgan fingerprint density at radius 2 is 0.850 bits per heavy atom. The monoisotopic (exact) mass is 378 g/mol. The molecule has 0 aliphatic rings. The minimum absolute atomic E-state index is 0. The van der Waals surface area contributed by atoms with Crippen LogP contribution in [0.2, 0.25) is 0 Å². The number of carbonyl (C=O) groups is 3. The molecule has 0 aliphatic carbocycles. The Labute approximate surface area is 161 Å². The quantitative estimate of drug-likeness (QED) is 0.418. The third kappa shape index (κ3) is 62.3. The van der Waals surface area contributed by atoms with Crippen LogP contribution in [0.25, 0.3) is 0 Å². The molecule has 0 saturated carbocycles. The fourth-order valence-corrected chi connectivity index (χ4v) is 0.401. The van der Waals surface area contributed by atoms with Gasteiger partial charge in [-0.25, -0.2) is 0 Å². The van der Waals surface area contributed by atoms with E-state index in [1.54, 1.807) is 0 Å². The first-order valence-corrected chi connectivity index (χ1v) is 4.54. The average molecular weight is 379 g/mol. The van der Waals surface area contributed by atoms with E-state index in [9.17, 15) is 29.7 Å². The molecule has 0 atom stereocenters. The van der Waals surface area contributed by atoms with Gasteiger partial charge in [0.05, 0.1) is 53.5 Å². The van der Waals surface area contributed by atoms with Gasteiger partial charge in [0.15, 0.2) is 0 Å². The van der Waals surface area contributed by atoms with Gasteiger partial charge in [-0.2, -0.15) is 0 Å². The van der Waals surface area contributed by atoms with Crippen molar-refractivity contribution in [2.75, 3.05) is 19.8 Å². The second-order valence-electron chi connectivity index (χ2n) is 1.88. The van der Waals surface area contributed by atoms with Crippen molar-refractivity contribution in [1.82, 2.24) is 0 Å². The van der Waals surface area contributed by atoms with Gasteiger partial charge in [0.1, 0.15) is 19.8 Å². The fourth-order valence-electron chi connectivity index (χ4n) is 0.134. The zero-order valence-electron chi connectivity index (χ0n) is 9.01. The van der Waals surface area contributed by atoms with Gasteiger partial charge >= 0.3 is 46.9 Å². The molecule has 0 spiro atoms. The van der Waals surface area contributed by atoms with Gasteiger partial charge < -0.3 is 29.7 Å². The van der Waals surface area contributed by atoms with Crippen LogP contribution in [0.1, 0.15) is 0 Å². The molecule has 0 fully saturated rings. The summed E-state index contributed by atoms with van der Waals surface area (Å²) in [5.41, 5.74) is 0. The molecule has 20 heavy (non-hydrogen) atoms. The van der Waals surface area contributed by atoms with E-state index < -0.39 is 37.7 Å². The molecule has 0 radical (unpaired) electrons. The summed E-state index contributed by atoms with van der Waals surface area (Å²) in [6.45, 7) is -1.66. The Bertz CT molecular complexity index is 208. The number of halogens is 3. The van der Waals surface area contributed by atoms with E-state index in [4.69, 9.17) is 0 Å². The Morgan fingerprint density at radius 1 is 0.700 bits per heavy atom. The van der Waals surface area contributed by atoms with Crippen molar-refractivity contribution < 1.29 is 42.6 Å². The van der Waals surface area contributed by atoms with Crippen molar-refractivity contribution >= 4 is 100 Å². The first-order chi connectivity index (χ1) is 8.31. The fraction of sp³-hybridized carbons (Fsp3) is 0.500. The number of aliphatic carboxylic acids is 3. The van der Waals surface area contributed by atoms with Crippen molar-refractivity contribution in [3.8, 4) is 0 Å². The molecule has 0 aromatic heterocycles. The maximum absolute atomic E-state index is 9.28. The summed E-state index contributed by atoms with van der Waals surface area (Å²) < 4.78 is 10.8. The minimum atomic E-state index is -1.31. The van der Waals surface area contributed by atoms with Gasteiger partial charge in [0.2, 0.25) is 0 Å². The SMILES string of the molecule is O=C([O-])COCl.O=C([O-])COCl.O=C([O-])COCl.[Al+3].[NaH]. The molecule has 0 amide bonds. The van der Waals surface area contributed by atoms with E-state index in [0.717, 1.165) is 0 Å². The summed E-state index contributed by atoms with van der Waals surface area (Å²) >= 11 is 13.4. The topological polar surface area (TPSA) is 148 Å². The van der Waals surface area contributed by atoms with E-state index in [1.807, 2.05) is 0 Å². The summed E-state index contributed by atoms with van der Waals surface area (Å²) in [5, 5.41) is 27.8. The normalized spacial score (nSPS) is 7.35. The molecule has 110 valence electrons. The van der Waals surface area contributed by atoms with Gasteiger partial charge in [0, 0.05) is 0 Å². The van der Waals surface area contributed by atoms with Crippen LogP contribution in [-0.2, 0) is 27.3 Å². The molecule has 0 aliphatic heterocycles. The standard InChI is InChI=1S/3C2H3ClO3.Al.Na.H/c3*3-6-1-2(4)5;;;/h3*1H2,(H,4,5);;;/q;;;+3;;/p-3. The summed E-state index contributed by atoms with van der Waals surface area (Å²) in [5.74, 6) is -3.94. The molecule has 0 saturated heterocycles. The van der Waals surface area contributed by atoms with Crippen LogP contribution < -0.4 is 15.3 Å². The third-order valence-electron chi connectivity index (χ3n) is 0.517.